The van der Waals surface area contributed by atoms with Crippen molar-refractivity contribution in [3.05, 3.63) is 47.1 Å². The zero-order chi connectivity index (χ0) is 17.8. The molecule has 1 amide bonds. The highest BCUT2D eigenvalue weighted by Gasteiger charge is 2.22. The normalized spacial score (nSPS) is 16.8. The molecule has 1 aliphatic rings. The van der Waals surface area contributed by atoms with E-state index in [4.69, 9.17) is 5.73 Å². The van der Waals surface area contributed by atoms with Crippen LogP contribution in [0.5, 0.6) is 0 Å². The van der Waals surface area contributed by atoms with Crippen LogP contribution in [0, 0.1) is 5.82 Å². The quantitative estimate of drug-likeness (QED) is 0.891. The van der Waals surface area contributed by atoms with Crippen LogP contribution in [0.15, 0.2) is 36.4 Å². The topological polar surface area (TPSA) is 49.6 Å². The van der Waals surface area contributed by atoms with Crippen molar-refractivity contribution in [2.75, 3.05) is 26.2 Å². The zero-order valence-electron chi connectivity index (χ0n) is 14.5. The van der Waals surface area contributed by atoms with Crippen molar-refractivity contribution in [3.8, 4) is 10.4 Å². The molecule has 0 spiro atoms. The molecule has 4 nitrogen and oxygen atoms in total. The summed E-state index contributed by atoms with van der Waals surface area (Å²) in [6, 6.07) is 10.8. The van der Waals surface area contributed by atoms with Crippen molar-refractivity contribution < 1.29 is 9.18 Å². The van der Waals surface area contributed by atoms with Crippen LogP contribution in [0.25, 0.3) is 10.4 Å². The lowest BCUT2D eigenvalue weighted by molar-refractivity contribution is -0.133. The minimum absolute atomic E-state index is 0.0853. The van der Waals surface area contributed by atoms with Gasteiger partial charge in [-0.05, 0) is 36.8 Å². The van der Waals surface area contributed by atoms with E-state index in [2.05, 4.69) is 17.0 Å². The molecule has 134 valence electrons. The number of amides is 1. The zero-order valence-corrected chi connectivity index (χ0v) is 15.3. The fraction of sp³-hybridized carbons (Fsp3) is 0.421. The number of nitrogens with zero attached hydrogens (tertiary/aromatic N) is 2. The molecule has 1 fully saturated rings. The highest BCUT2D eigenvalue weighted by molar-refractivity contribution is 7.15. The van der Waals surface area contributed by atoms with Gasteiger partial charge in [-0.3, -0.25) is 9.69 Å². The van der Waals surface area contributed by atoms with Gasteiger partial charge in [0.15, 0.2) is 0 Å². The van der Waals surface area contributed by atoms with Crippen molar-refractivity contribution in [2.24, 2.45) is 5.73 Å². The average Bonchev–Trinajstić information content (AvgIpc) is 3.03. The van der Waals surface area contributed by atoms with Gasteiger partial charge in [0.1, 0.15) is 5.82 Å². The Morgan fingerprint density at radius 1 is 1.24 bits per heavy atom. The first-order valence-electron chi connectivity index (χ1n) is 8.61. The Bertz CT molecular complexity index is 723. The number of piperazine rings is 1. The smallest absolute Gasteiger partial charge is 0.224 e. The van der Waals surface area contributed by atoms with Gasteiger partial charge in [-0.1, -0.05) is 12.1 Å². The lowest BCUT2D eigenvalue weighted by Crippen LogP contribution is -2.49. The third kappa shape index (κ3) is 4.87. The number of benzene rings is 1. The maximum absolute atomic E-state index is 13.4. The van der Waals surface area contributed by atoms with E-state index in [0.29, 0.717) is 6.42 Å². The number of nitrogens with two attached hydrogens (primary N) is 1. The molecule has 1 unspecified atom stereocenters. The SMILES string of the molecule is CC(N)CC(=O)N1CCN(Cc2ccc(-c3cccc(F)c3)s2)CC1. The second-order valence-electron chi connectivity index (χ2n) is 6.61. The van der Waals surface area contributed by atoms with Crippen LogP contribution >= 0.6 is 11.3 Å². The van der Waals surface area contributed by atoms with Gasteiger partial charge >= 0.3 is 0 Å². The summed E-state index contributed by atoms with van der Waals surface area (Å²) in [6.45, 7) is 5.99. The summed E-state index contributed by atoms with van der Waals surface area (Å²) in [7, 11) is 0. The molecule has 1 aliphatic heterocycles. The first-order chi connectivity index (χ1) is 12.0. The molecule has 2 N–H and O–H groups in total. The maximum Gasteiger partial charge on any atom is 0.224 e. The van der Waals surface area contributed by atoms with E-state index in [1.807, 2.05) is 17.9 Å². The van der Waals surface area contributed by atoms with Crippen LogP contribution in [0.1, 0.15) is 18.2 Å². The van der Waals surface area contributed by atoms with Crippen LogP contribution in [-0.2, 0) is 11.3 Å². The Morgan fingerprint density at radius 2 is 2.00 bits per heavy atom. The Morgan fingerprint density at radius 3 is 2.68 bits per heavy atom. The second-order valence-corrected chi connectivity index (χ2v) is 7.78. The van der Waals surface area contributed by atoms with Crippen molar-refractivity contribution >= 4 is 17.2 Å². The predicted molar refractivity (Wildman–Crippen MR) is 99.8 cm³/mol. The third-order valence-electron chi connectivity index (χ3n) is 4.37. The molecule has 0 radical (unpaired) electrons. The van der Waals surface area contributed by atoms with Crippen molar-refractivity contribution in [3.63, 3.8) is 0 Å². The second kappa shape index (κ2) is 8.08. The Balaban J connectivity index is 1.54. The van der Waals surface area contributed by atoms with E-state index in [0.717, 1.165) is 43.2 Å². The van der Waals surface area contributed by atoms with Gasteiger partial charge in [0.05, 0.1) is 0 Å². The summed E-state index contributed by atoms with van der Waals surface area (Å²) >= 11 is 1.70. The van der Waals surface area contributed by atoms with Gasteiger partial charge in [0.25, 0.3) is 0 Å². The third-order valence-corrected chi connectivity index (χ3v) is 5.49. The summed E-state index contributed by atoms with van der Waals surface area (Å²) in [6.07, 6.45) is 0.419. The van der Waals surface area contributed by atoms with Crippen molar-refractivity contribution in [1.82, 2.24) is 9.80 Å². The van der Waals surface area contributed by atoms with Gasteiger partial charge in [0.2, 0.25) is 5.91 Å². The van der Waals surface area contributed by atoms with E-state index >= 15 is 0 Å². The minimum atomic E-state index is -0.208. The van der Waals surface area contributed by atoms with E-state index in [1.54, 1.807) is 23.5 Å². The number of thiophene rings is 1. The fourth-order valence-electron chi connectivity index (χ4n) is 3.04. The standard InChI is InChI=1S/C19H24FN3OS/c1-14(21)11-19(24)23-9-7-22(8-10-23)13-17-5-6-18(25-17)15-3-2-4-16(20)12-15/h2-6,12,14H,7-11,13,21H2,1H3. The van der Waals surface area contributed by atoms with Crippen LogP contribution < -0.4 is 5.73 Å². The number of rotatable bonds is 5. The number of carbonyl (C=O) groups is 1. The summed E-state index contributed by atoms with van der Waals surface area (Å²) < 4.78 is 13.4. The average molecular weight is 361 g/mol. The molecule has 0 bridgehead atoms. The number of hydrogen-bond donors (Lipinski definition) is 1. The molecule has 0 aliphatic carbocycles. The predicted octanol–water partition coefficient (Wildman–Crippen LogP) is 2.94. The molecule has 0 saturated carbocycles. The first-order valence-corrected chi connectivity index (χ1v) is 9.43. The van der Waals surface area contributed by atoms with E-state index in [1.165, 1.54) is 10.9 Å². The minimum Gasteiger partial charge on any atom is -0.340 e. The molecular formula is C19H24FN3OS. The molecule has 2 aromatic rings. The van der Waals surface area contributed by atoms with E-state index in [9.17, 15) is 9.18 Å². The fourth-order valence-corrected chi connectivity index (χ4v) is 4.09. The molecule has 25 heavy (non-hydrogen) atoms. The molecule has 1 aromatic heterocycles. The van der Waals surface area contributed by atoms with Crippen LogP contribution in [-0.4, -0.2) is 47.9 Å². The molecule has 1 aromatic carbocycles. The largest absolute Gasteiger partial charge is 0.340 e. The Hall–Kier alpha value is -1.76. The van der Waals surface area contributed by atoms with Crippen molar-refractivity contribution in [2.45, 2.75) is 25.9 Å². The van der Waals surface area contributed by atoms with Gasteiger partial charge in [-0.15, -0.1) is 11.3 Å². The van der Waals surface area contributed by atoms with Crippen molar-refractivity contribution in [1.29, 1.82) is 0 Å². The van der Waals surface area contributed by atoms with Gasteiger partial charge in [0, 0.05) is 54.9 Å². The van der Waals surface area contributed by atoms with Crippen LogP contribution in [0.3, 0.4) is 0 Å². The Labute approximate surface area is 152 Å². The lowest BCUT2D eigenvalue weighted by Gasteiger charge is -2.34. The first kappa shape index (κ1) is 18.0. The Kier molecular flexibility index (Phi) is 5.83. The van der Waals surface area contributed by atoms with Gasteiger partial charge in [-0.2, -0.15) is 0 Å². The van der Waals surface area contributed by atoms with E-state index < -0.39 is 0 Å². The summed E-state index contributed by atoms with van der Waals surface area (Å²) in [4.78, 5) is 18.7. The maximum atomic E-state index is 13.4. The number of hydrogen-bond acceptors (Lipinski definition) is 4. The summed E-state index contributed by atoms with van der Waals surface area (Å²) in [5, 5.41) is 0. The molecule has 6 heteroatoms. The highest BCUT2D eigenvalue weighted by atomic mass is 32.1. The lowest BCUT2D eigenvalue weighted by atomic mass is 10.2. The van der Waals surface area contributed by atoms with Crippen LogP contribution in [0.2, 0.25) is 0 Å². The summed E-state index contributed by atoms with van der Waals surface area (Å²) in [5.41, 5.74) is 6.63. The number of halogens is 1. The monoisotopic (exact) mass is 361 g/mol. The molecule has 2 heterocycles. The molecule has 1 atom stereocenters. The van der Waals surface area contributed by atoms with E-state index in [-0.39, 0.29) is 17.8 Å². The summed E-state index contributed by atoms with van der Waals surface area (Å²) in [5.74, 6) is -0.0563. The number of carbonyl (C=O) groups excluding carboxylic acids is 1. The molecular weight excluding hydrogens is 337 g/mol. The molecule has 1 saturated heterocycles. The van der Waals surface area contributed by atoms with Gasteiger partial charge in [-0.25, -0.2) is 4.39 Å². The highest BCUT2D eigenvalue weighted by Crippen LogP contribution is 2.29. The van der Waals surface area contributed by atoms with Crippen LogP contribution in [0.4, 0.5) is 4.39 Å². The molecule has 3 rings (SSSR count). The van der Waals surface area contributed by atoms with Gasteiger partial charge < -0.3 is 10.6 Å².